The van der Waals surface area contributed by atoms with Crippen molar-refractivity contribution in [3.63, 3.8) is 0 Å². The van der Waals surface area contributed by atoms with Crippen LogP contribution in [0.4, 0.5) is 0 Å². The predicted molar refractivity (Wildman–Crippen MR) is 82.6 cm³/mol. The van der Waals surface area contributed by atoms with Crippen molar-refractivity contribution in [1.29, 1.82) is 0 Å². The minimum Gasteiger partial charge on any atom is -0.117 e. The van der Waals surface area contributed by atoms with Gasteiger partial charge in [0.1, 0.15) is 0 Å². The Labute approximate surface area is 121 Å². The van der Waals surface area contributed by atoms with Gasteiger partial charge in [-0.3, -0.25) is 0 Å². The fourth-order valence-corrected chi connectivity index (χ4v) is 3.09. The van der Waals surface area contributed by atoms with E-state index in [0.29, 0.717) is 0 Å². The first kappa shape index (κ1) is 12.9. The van der Waals surface area contributed by atoms with Crippen molar-refractivity contribution in [1.82, 2.24) is 0 Å². The van der Waals surface area contributed by atoms with E-state index < -0.39 is 0 Å². The van der Waals surface area contributed by atoms with Gasteiger partial charge in [0.05, 0.1) is 5.38 Å². The van der Waals surface area contributed by atoms with Crippen LogP contribution in [0.25, 0.3) is 0 Å². The van der Waals surface area contributed by atoms with E-state index in [1.165, 1.54) is 20.3 Å². The molecule has 0 aliphatic rings. The van der Waals surface area contributed by atoms with Crippen molar-refractivity contribution in [2.45, 2.75) is 18.7 Å². The largest absolute Gasteiger partial charge is 0.117 e. The molecular formula is C15H14ClI. The molecule has 2 rings (SSSR count). The van der Waals surface area contributed by atoms with E-state index in [1.807, 2.05) is 12.1 Å². The maximum absolute atomic E-state index is 6.48. The molecule has 0 nitrogen and oxygen atoms in total. The summed E-state index contributed by atoms with van der Waals surface area (Å²) in [5.74, 6) is 0. The normalized spacial score (nSPS) is 12.4. The summed E-state index contributed by atoms with van der Waals surface area (Å²) in [5.41, 5.74) is 3.79. The smallest absolute Gasteiger partial charge is 0.0635 e. The summed E-state index contributed by atoms with van der Waals surface area (Å²) < 4.78 is 1.23. The first-order chi connectivity index (χ1) is 8.16. The number of hydrogen-bond acceptors (Lipinski definition) is 0. The Morgan fingerprint density at radius 1 is 1.06 bits per heavy atom. The third kappa shape index (κ3) is 3.46. The topological polar surface area (TPSA) is 0 Å². The van der Waals surface area contributed by atoms with Gasteiger partial charge < -0.3 is 0 Å². The average Bonchev–Trinajstić information content (AvgIpc) is 2.32. The monoisotopic (exact) mass is 356 g/mol. The highest BCUT2D eigenvalue weighted by Crippen LogP contribution is 2.28. The van der Waals surface area contributed by atoms with Crippen molar-refractivity contribution in [3.05, 3.63) is 68.8 Å². The van der Waals surface area contributed by atoms with Crippen molar-refractivity contribution in [2.75, 3.05) is 0 Å². The number of halogens is 2. The lowest BCUT2D eigenvalue weighted by atomic mass is 10.0. The second-order valence-electron chi connectivity index (χ2n) is 4.18. The molecule has 0 saturated heterocycles. The van der Waals surface area contributed by atoms with Gasteiger partial charge in [0.25, 0.3) is 0 Å². The first-order valence-corrected chi connectivity index (χ1v) is 7.12. The molecule has 0 fully saturated rings. The summed E-state index contributed by atoms with van der Waals surface area (Å²) in [6.45, 7) is 2.10. The standard InChI is InChI=1S/C15H14ClI/c1-11-6-8-12(9-7-11)10-14(16)13-4-2-3-5-15(13)17/h2-9,14H,10H2,1H3. The molecule has 1 unspecified atom stereocenters. The van der Waals surface area contributed by atoms with Crippen LogP contribution in [0, 0.1) is 10.5 Å². The maximum Gasteiger partial charge on any atom is 0.0635 e. The van der Waals surface area contributed by atoms with E-state index in [1.54, 1.807) is 0 Å². The summed E-state index contributed by atoms with van der Waals surface area (Å²) in [6, 6.07) is 16.9. The molecule has 2 aromatic rings. The average molecular weight is 357 g/mol. The Morgan fingerprint density at radius 3 is 2.35 bits per heavy atom. The summed E-state index contributed by atoms with van der Waals surface area (Å²) in [5, 5.41) is 0.0470. The third-order valence-electron chi connectivity index (χ3n) is 2.78. The van der Waals surface area contributed by atoms with Crippen LogP contribution in [-0.2, 0) is 6.42 Å². The molecular weight excluding hydrogens is 343 g/mol. The molecule has 0 aliphatic carbocycles. The Balaban J connectivity index is 2.14. The first-order valence-electron chi connectivity index (χ1n) is 5.61. The van der Waals surface area contributed by atoms with Gasteiger partial charge in [-0.25, -0.2) is 0 Å². The quantitative estimate of drug-likeness (QED) is 0.529. The van der Waals surface area contributed by atoms with Crippen molar-refractivity contribution < 1.29 is 0 Å². The SMILES string of the molecule is Cc1ccc(CC(Cl)c2ccccc2I)cc1. The third-order valence-corrected chi connectivity index (χ3v) is 4.15. The minimum atomic E-state index is 0.0470. The summed E-state index contributed by atoms with van der Waals surface area (Å²) in [4.78, 5) is 0. The maximum atomic E-state index is 6.48. The lowest BCUT2D eigenvalue weighted by Gasteiger charge is -2.12. The molecule has 2 heteroatoms. The van der Waals surface area contributed by atoms with Crippen molar-refractivity contribution >= 4 is 34.2 Å². The molecule has 0 bridgehead atoms. The Hall–Kier alpha value is -0.540. The number of alkyl halides is 1. The molecule has 2 aromatic carbocycles. The highest BCUT2D eigenvalue weighted by atomic mass is 127. The molecule has 17 heavy (non-hydrogen) atoms. The lowest BCUT2D eigenvalue weighted by Crippen LogP contribution is -1.98. The molecule has 0 saturated carbocycles. The molecule has 0 heterocycles. The Kier molecular flexibility index (Phi) is 4.46. The molecule has 0 radical (unpaired) electrons. The second-order valence-corrected chi connectivity index (χ2v) is 5.87. The van der Waals surface area contributed by atoms with E-state index in [2.05, 4.69) is 65.9 Å². The van der Waals surface area contributed by atoms with Crippen LogP contribution in [0.2, 0.25) is 0 Å². The van der Waals surface area contributed by atoms with E-state index in [-0.39, 0.29) is 5.38 Å². The van der Waals surface area contributed by atoms with Gasteiger partial charge in [-0.2, -0.15) is 0 Å². The van der Waals surface area contributed by atoms with Gasteiger partial charge in [0, 0.05) is 3.57 Å². The molecule has 0 aliphatic heterocycles. The summed E-state index contributed by atoms with van der Waals surface area (Å²) in [7, 11) is 0. The van der Waals surface area contributed by atoms with Gasteiger partial charge in [-0.05, 0) is 53.1 Å². The minimum absolute atomic E-state index is 0.0470. The fraction of sp³-hybridized carbons (Fsp3) is 0.200. The van der Waals surface area contributed by atoms with Gasteiger partial charge in [-0.1, -0.05) is 48.0 Å². The van der Waals surface area contributed by atoms with E-state index >= 15 is 0 Å². The van der Waals surface area contributed by atoms with Crippen LogP contribution < -0.4 is 0 Å². The highest BCUT2D eigenvalue weighted by molar-refractivity contribution is 14.1. The molecule has 0 spiro atoms. The predicted octanol–water partition coefficient (Wildman–Crippen LogP) is 5.12. The van der Waals surface area contributed by atoms with Gasteiger partial charge >= 0.3 is 0 Å². The zero-order chi connectivity index (χ0) is 12.3. The zero-order valence-electron chi connectivity index (χ0n) is 9.66. The molecule has 0 aromatic heterocycles. The number of hydrogen-bond donors (Lipinski definition) is 0. The fourth-order valence-electron chi connectivity index (χ4n) is 1.77. The van der Waals surface area contributed by atoms with Gasteiger partial charge in [-0.15, -0.1) is 11.6 Å². The summed E-state index contributed by atoms with van der Waals surface area (Å²) >= 11 is 8.82. The lowest BCUT2D eigenvalue weighted by molar-refractivity contribution is 0.913. The van der Waals surface area contributed by atoms with Crippen LogP contribution >= 0.6 is 34.2 Å². The van der Waals surface area contributed by atoms with Crippen molar-refractivity contribution in [2.24, 2.45) is 0 Å². The number of aryl methyl sites for hydroxylation is 1. The van der Waals surface area contributed by atoms with E-state index in [9.17, 15) is 0 Å². The number of rotatable bonds is 3. The van der Waals surface area contributed by atoms with Crippen LogP contribution in [0.1, 0.15) is 22.1 Å². The molecule has 0 amide bonds. The van der Waals surface area contributed by atoms with Crippen LogP contribution in [0.3, 0.4) is 0 Å². The second kappa shape index (κ2) is 5.87. The van der Waals surface area contributed by atoms with Crippen molar-refractivity contribution in [3.8, 4) is 0 Å². The van der Waals surface area contributed by atoms with Crippen LogP contribution in [0.5, 0.6) is 0 Å². The molecule has 0 N–H and O–H groups in total. The van der Waals surface area contributed by atoms with Gasteiger partial charge in [0.15, 0.2) is 0 Å². The Morgan fingerprint density at radius 2 is 1.71 bits per heavy atom. The van der Waals surface area contributed by atoms with E-state index in [4.69, 9.17) is 11.6 Å². The van der Waals surface area contributed by atoms with Crippen LogP contribution in [-0.4, -0.2) is 0 Å². The number of benzene rings is 2. The molecule has 1 atom stereocenters. The van der Waals surface area contributed by atoms with Gasteiger partial charge in [0.2, 0.25) is 0 Å². The van der Waals surface area contributed by atoms with E-state index in [0.717, 1.165) is 6.42 Å². The zero-order valence-corrected chi connectivity index (χ0v) is 12.6. The Bertz CT molecular complexity index is 491. The summed E-state index contributed by atoms with van der Waals surface area (Å²) in [6.07, 6.45) is 0.877. The molecule has 88 valence electrons. The van der Waals surface area contributed by atoms with Crippen LogP contribution in [0.15, 0.2) is 48.5 Å². The highest BCUT2D eigenvalue weighted by Gasteiger charge is 2.11.